The first-order valence-electron chi connectivity index (χ1n) is 6.80. The maximum Gasteiger partial charge on any atom is 0.243 e. The van der Waals surface area contributed by atoms with E-state index < -0.39 is 15.6 Å². The first-order valence-corrected chi connectivity index (χ1v) is 8.24. The van der Waals surface area contributed by atoms with Crippen LogP contribution in [0.4, 0.5) is 5.69 Å². The fourth-order valence-corrected chi connectivity index (χ4v) is 4.27. The number of aliphatic hydroxyl groups is 1. The highest BCUT2D eigenvalue weighted by molar-refractivity contribution is 7.89. The Morgan fingerprint density at radius 2 is 1.95 bits per heavy atom. The van der Waals surface area contributed by atoms with Crippen molar-refractivity contribution >= 4 is 15.7 Å². The Balaban J connectivity index is 2.28. The van der Waals surface area contributed by atoms with Gasteiger partial charge in [0.1, 0.15) is 0 Å². The number of likely N-dealkylation sites (N-methyl/N-ethyl adjacent to an activating group) is 1. The molecule has 20 heavy (non-hydrogen) atoms. The predicted molar refractivity (Wildman–Crippen MR) is 78.8 cm³/mol. The van der Waals surface area contributed by atoms with Gasteiger partial charge in [0.15, 0.2) is 0 Å². The SMILES string of the molecule is Cc1c(N)cccc1S(=O)(=O)N(C)CC1(O)CCCC1. The van der Waals surface area contributed by atoms with Gasteiger partial charge in [-0.3, -0.25) is 0 Å². The van der Waals surface area contributed by atoms with Crippen molar-refractivity contribution in [3.63, 3.8) is 0 Å². The van der Waals surface area contributed by atoms with Gasteiger partial charge in [0.25, 0.3) is 0 Å². The average Bonchev–Trinajstić information content (AvgIpc) is 2.79. The predicted octanol–water partition coefficient (Wildman–Crippen LogP) is 1.50. The van der Waals surface area contributed by atoms with Crippen molar-refractivity contribution in [3.05, 3.63) is 23.8 Å². The van der Waals surface area contributed by atoms with Crippen molar-refractivity contribution in [2.75, 3.05) is 19.3 Å². The van der Waals surface area contributed by atoms with E-state index in [1.54, 1.807) is 25.1 Å². The van der Waals surface area contributed by atoms with Crippen LogP contribution in [0.1, 0.15) is 31.2 Å². The molecule has 2 rings (SSSR count). The molecule has 1 aliphatic rings. The number of anilines is 1. The summed E-state index contributed by atoms with van der Waals surface area (Å²) in [4.78, 5) is 0.210. The lowest BCUT2D eigenvalue weighted by Crippen LogP contribution is -2.42. The van der Waals surface area contributed by atoms with Gasteiger partial charge in [0.2, 0.25) is 10.0 Å². The summed E-state index contributed by atoms with van der Waals surface area (Å²) in [5, 5.41) is 10.4. The van der Waals surface area contributed by atoms with E-state index in [0.717, 1.165) is 12.8 Å². The molecule has 0 atom stereocenters. The van der Waals surface area contributed by atoms with Gasteiger partial charge in [-0.05, 0) is 37.5 Å². The molecule has 0 radical (unpaired) electrons. The Hall–Kier alpha value is -1.11. The molecule has 1 saturated carbocycles. The van der Waals surface area contributed by atoms with Crippen molar-refractivity contribution in [1.82, 2.24) is 4.31 Å². The maximum atomic E-state index is 12.6. The molecular formula is C14H22N2O3S. The summed E-state index contributed by atoms with van der Waals surface area (Å²) in [5.41, 5.74) is 5.89. The highest BCUT2D eigenvalue weighted by Gasteiger charge is 2.36. The van der Waals surface area contributed by atoms with Crippen LogP contribution in [-0.4, -0.2) is 37.0 Å². The summed E-state index contributed by atoms with van der Waals surface area (Å²) in [6, 6.07) is 4.86. The second kappa shape index (κ2) is 5.35. The first-order chi connectivity index (χ1) is 9.26. The number of hydrogen-bond acceptors (Lipinski definition) is 4. The molecule has 0 spiro atoms. The third-order valence-corrected chi connectivity index (χ3v) is 6.01. The molecule has 112 valence electrons. The van der Waals surface area contributed by atoms with Crippen molar-refractivity contribution < 1.29 is 13.5 Å². The van der Waals surface area contributed by atoms with Gasteiger partial charge in [-0.1, -0.05) is 18.9 Å². The summed E-state index contributed by atoms with van der Waals surface area (Å²) in [5.74, 6) is 0. The zero-order chi connectivity index (χ0) is 15.0. The normalized spacial score (nSPS) is 18.6. The van der Waals surface area contributed by atoms with Gasteiger partial charge in [-0.25, -0.2) is 8.42 Å². The Kier molecular flexibility index (Phi) is 4.09. The van der Waals surface area contributed by atoms with Gasteiger partial charge < -0.3 is 10.8 Å². The maximum absolute atomic E-state index is 12.6. The van der Waals surface area contributed by atoms with Crippen LogP contribution in [0.15, 0.2) is 23.1 Å². The Morgan fingerprint density at radius 1 is 1.35 bits per heavy atom. The van der Waals surface area contributed by atoms with Gasteiger partial charge >= 0.3 is 0 Å². The number of sulfonamides is 1. The molecule has 0 amide bonds. The summed E-state index contributed by atoms with van der Waals surface area (Å²) in [7, 11) is -2.12. The minimum Gasteiger partial charge on any atom is -0.398 e. The molecule has 0 unspecified atom stereocenters. The van der Waals surface area contributed by atoms with Crippen LogP contribution in [0, 0.1) is 6.92 Å². The minimum atomic E-state index is -3.62. The number of nitrogen functional groups attached to an aromatic ring is 1. The number of nitrogens with zero attached hydrogens (tertiary/aromatic N) is 1. The topological polar surface area (TPSA) is 83.6 Å². The molecule has 0 saturated heterocycles. The number of hydrogen-bond donors (Lipinski definition) is 2. The van der Waals surface area contributed by atoms with Gasteiger partial charge in [-0.15, -0.1) is 0 Å². The lowest BCUT2D eigenvalue weighted by Gasteiger charge is -2.28. The molecule has 0 aromatic heterocycles. The summed E-state index contributed by atoms with van der Waals surface area (Å²) < 4.78 is 26.4. The van der Waals surface area contributed by atoms with Crippen molar-refractivity contribution in [2.24, 2.45) is 0 Å². The zero-order valence-electron chi connectivity index (χ0n) is 12.0. The van der Waals surface area contributed by atoms with E-state index in [2.05, 4.69) is 0 Å². The standard InChI is InChI=1S/C14H22N2O3S/c1-11-12(15)6-5-7-13(11)20(18,19)16(2)10-14(17)8-3-4-9-14/h5-7,17H,3-4,8-10,15H2,1-2H3. The van der Waals surface area contributed by atoms with Gasteiger partial charge in [-0.2, -0.15) is 4.31 Å². The van der Waals surface area contributed by atoms with Crippen LogP contribution in [0.5, 0.6) is 0 Å². The number of nitrogens with two attached hydrogens (primary N) is 1. The molecule has 0 aliphatic heterocycles. The highest BCUT2D eigenvalue weighted by atomic mass is 32.2. The molecule has 6 heteroatoms. The summed E-state index contributed by atoms with van der Waals surface area (Å²) in [6.07, 6.45) is 3.20. The van der Waals surface area contributed by atoms with Crippen LogP contribution >= 0.6 is 0 Å². The van der Waals surface area contributed by atoms with E-state index >= 15 is 0 Å². The molecule has 3 N–H and O–H groups in total. The van der Waals surface area contributed by atoms with Crippen LogP contribution in [-0.2, 0) is 10.0 Å². The van der Waals surface area contributed by atoms with Crippen LogP contribution < -0.4 is 5.73 Å². The average molecular weight is 298 g/mol. The Morgan fingerprint density at radius 3 is 2.55 bits per heavy atom. The molecular weight excluding hydrogens is 276 g/mol. The molecule has 1 aromatic carbocycles. The van der Waals surface area contributed by atoms with Crippen LogP contribution in [0.25, 0.3) is 0 Å². The summed E-state index contributed by atoms with van der Waals surface area (Å²) in [6.45, 7) is 1.82. The molecule has 0 bridgehead atoms. The minimum absolute atomic E-state index is 0.129. The molecule has 1 aromatic rings. The molecule has 1 fully saturated rings. The van der Waals surface area contributed by atoms with Gasteiger partial charge in [0, 0.05) is 19.3 Å². The van der Waals surface area contributed by atoms with Crippen molar-refractivity contribution in [1.29, 1.82) is 0 Å². The second-order valence-electron chi connectivity index (χ2n) is 5.66. The van der Waals surface area contributed by atoms with Crippen molar-refractivity contribution in [3.8, 4) is 0 Å². The van der Waals surface area contributed by atoms with Crippen LogP contribution in [0.2, 0.25) is 0 Å². The zero-order valence-corrected chi connectivity index (χ0v) is 12.8. The lowest BCUT2D eigenvalue weighted by molar-refractivity contribution is 0.0333. The van der Waals surface area contributed by atoms with E-state index in [9.17, 15) is 13.5 Å². The Bertz CT molecular complexity index is 592. The van der Waals surface area contributed by atoms with Crippen LogP contribution in [0.3, 0.4) is 0 Å². The van der Waals surface area contributed by atoms with Crippen molar-refractivity contribution in [2.45, 2.75) is 43.1 Å². The third kappa shape index (κ3) is 2.82. The fraction of sp³-hybridized carbons (Fsp3) is 0.571. The molecule has 1 aliphatic carbocycles. The van der Waals surface area contributed by atoms with E-state index in [4.69, 9.17) is 5.73 Å². The first kappa shape index (κ1) is 15.3. The fourth-order valence-electron chi connectivity index (χ4n) is 2.77. The van der Waals surface area contributed by atoms with Gasteiger partial charge in [0.05, 0.1) is 10.5 Å². The Labute approximate surface area is 120 Å². The summed E-state index contributed by atoms with van der Waals surface area (Å²) >= 11 is 0. The largest absolute Gasteiger partial charge is 0.398 e. The molecule has 0 heterocycles. The van der Waals surface area contributed by atoms with E-state index in [0.29, 0.717) is 24.1 Å². The highest BCUT2D eigenvalue weighted by Crippen LogP contribution is 2.32. The smallest absolute Gasteiger partial charge is 0.243 e. The monoisotopic (exact) mass is 298 g/mol. The molecule has 5 nitrogen and oxygen atoms in total. The van der Waals surface area contributed by atoms with E-state index in [1.165, 1.54) is 11.4 Å². The van der Waals surface area contributed by atoms with E-state index in [-0.39, 0.29) is 11.4 Å². The van der Waals surface area contributed by atoms with E-state index in [1.807, 2.05) is 0 Å². The second-order valence-corrected chi connectivity index (χ2v) is 7.68. The quantitative estimate of drug-likeness (QED) is 0.825. The number of benzene rings is 1. The lowest BCUT2D eigenvalue weighted by atomic mass is 10.0. The number of rotatable bonds is 4. The third-order valence-electron chi connectivity index (χ3n) is 4.07.